The third-order valence-electron chi connectivity index (χ3n) is 1.06. The van der Waals surface area contributed by atoms with E-state index in [4.69, 9.17) is 5.73 Å². The van der Waals surface area contributed by atoms with Gasteiger partial charge in [-0.2, -0.15) is 0 Å². The molecule has 0 bridgehead atoms. The maximum atomic E-state index is 10.4. The van der Waals surface area contributed by atoms with Gasteiger partial charge >= 0.3 is 0 Å². The van der Waals surface area contributed by atoms with Crippen LogP contribution in [0, 0.1) is 0 Å². The van der Waals surface area contributed by atoms with Crippen LogP contribution in [0.1, 0.15) is 10.4 Å². The highest BCUT2D eigenvalue weighted by atomic mass is 32.1. The molecule has 1 aromatic carbocycles. The summed E-state index contributed by atoms with van der Waals surface area (Å²) in [6.07, 6.45) is 0. The average molecular weight is 167 g/mol. The van der Waals surface area contributed by atoms with E-state index in [1.807, 2.05) is 6.07 Å². The molecule has 0 unspecified atom stereocenters. The van der Waals surface area contributed by atoms with Gasteiger partial charge in [-0.15, -0.1) is 0 Å². The molecule has 1 aromatic rings. The summed E-state index contributed by atoms with van der Waals surface area (Å²) >= 11 is 3.83. The molecule has 0 radical (unpaired) electrons. The lowest BCUT2D eigenvalue weighted by atomic mass is 10.2. The van der Waals surface area contributed by atoms with Gasteiger partial charge in [-0.25, -0.2) is 0 Å². The van der Waals surface area contributed by atoms with E-state index in [1.165, 1.54) is 0 Å². The van der Waals surface area contributed by atoms with Crippen molar-refractivity contribution < 1.29 is 4.79 Å². The summed E-state index contributed by atoms with van der Waals surface area (Å²) in [4.78, 5) is 10.4. The molecule has 2 N–H and O–H groups in total. The molecular weight excluding hydrogens is 158 g/mol. The van der Waals surface area contributed by atoms with Crippen LogP contribution in [0.15, 0.2) is 30.3 Å². The van der Waals surface area contributed by atoms with Crippen molar-refractivity contribution in [2.24, 2.45) is 5.73 Å². The summed E-state index contributed by atoms with van der Waals surface area (Å²) < 4.78 is 0. The first kappa shape index (κ1) is 9.78. The molecule has 0 saturated carbocycles. The van der Waals surface area contributed by atoms with E-state index in [-0.39, 0.29) is 5.91 Å². The molecule has 58 valence electrons. The van der Waals surface area contributed by atoms with Gasteiger partial charge in [-0.05, 0) is 18.0 Å². The van der Waals surface area contributed by atoms with E-state index in [1.54, 1.807) is 24.3 Å². The number of carbonyl (C=O) groups excluding carboxylic acids is 1. The highest BCUT2D eigenvalue weighted by Crippen LogP contribution is 1.94. The van der Waals surface area contributed by atoms with Crippen LogP contribution >= 0.6 is 12.2 Å². The minimum Gasteiger partial charge on any atom is -0.366 e. The van der Waals surface area contributed by atoms with Crippen molar-refractivity contribution in [1.82, 2.24) is 0 Å². The molecule has 0 aromatic heterocycles. The van der Waals surface area contributed by atoms with Gasteiger partial charge in [-0.3, -0.25) is 4.79 Å². The van der Waals surface area contributed by atoms with Gasteiger partial charge in [0, 0.05) is 5.56 Å². The molecule has 0 aliphatic rings. The second-order valence-corrected chi connectivity index (χ2v) is 1.73. The molecule has 2 nitrogen and oxygen atoms in total. The molecule has 11 heavy (non-hydrogen) atoms. The Balaban J connectivity index is 0.000000461. The molecule has 3 heteroatoms. The summed E-state index contributed by atoms with van der Waals surface area (Å²) in [5, 5.41) is 0. The Morgan fingerprint density at radius 1 is 1.27 bits per heavy atom. The van der Waals surface area contributed by atoms with Crippen molar-refractivity contribution in [2.45, 2.75) is 0 Å². The molecule has 0 spiro atoms. The Morgan fingerprint density at radius 3 is 2.00 bits per heavy atom. The lowest BCUT2D eigenvalue weighted by molar-refractivity contribution is 0.100. The smallest absolute Gasteiger partial charge is 0.248 e. The van der Waals surface area contributed by atoms with Crippen LogP contribution in [0.4, 0.5) is 0 Å². The number of benzene rings is 1. The fraction of sp³-hybridized carbons (Fsp3) is 0. The Morgan fingerprint density at radius 2 is 1.73 bits per heavy atom. The predicted octanol–water partition coefficient (Wildman–Crippen LogP) is 1.40. The van der Waals surface area contributed by atoms with Crippen molar-refractivity contribution in [2.75, 3.05) is 0 Å². The van der Waals surface area contributed by atoms with Crippen LogP contribution < -0.4 is 5.73 Å². The van der Waals surface area contributed by atoms with Gasteiger partial charge in [-0.1, -0.05) is 30.4 Å². The van der Waals surface area contributed by atoms with E-state index < -0.39 is 0 Å². The van der Waals surface area contributed by atoms with E-state index in [0.29, 0.717) is 5.56 Å². The quantitative estimate of drug-likeness (QED) is 0.642. The van der Waals surface area contributed by atoms with Gasteiger partial charge in [0.05, 0.1) is 0 Å². The zero-order chi connectivity index (χ0) is 8.69. The number of hydrogen-bond acceptors (Lipinski definition) is 2. The summed E-state index contributed by atoms with van der Waals surface area (Å²) in [5.41, 5.74) is 5.53. The normalized spacial score (nSPS) is 7.64. The van der Waals surface area contributed by atoms with Gasteiger partial charge < -0.3 is 5.73 Å². The lowest BCUT2D eigenvalue weighted by Crippen LogP contribution is -2.09. The maximum Gasteiger partial charge on any atom is 0.248 e. The first-order valence-electron chi connectivity index (χ1n) is 2.94. The van der Waals surface area contributed by atoms with E-state index in [2.05, 4.69) is 18.1 Å². The second kappa shape index (κ2) is 5.56. The number of amides is 1. The van der Waals surface area contributed by atoms with Crippen molar-refractivity contribution in [3.8, 4) is 0 Å². The number of carbonyl (C=O) groups is 1. The van der Waals surface area contributed by atoms with Gasteiger partial charge in [0.1, 0.15) is 0 Å². The number of nitrogens with two attached hydrogens (primary N) is 1. The standard InChI is InChI=1S/C7H7NO.CH2S/c8-7(9)6-4-2-1-3-5-6;1-2/h1-5H,(H2,8,9);1H2. The molecule has 0 heterocycles. The first-order chi connectivity index (χ1) is 5.30. The summed E-state index contributed by atoms with van der Waals surface area (Å²) in [6, 6.07) is 8.76. The fourth-order valence-electron chi connectivity index (χ4n) is 0.602. The van der Waals surface area contributed by atoms with Crippen molar-refractivity contribution in [3.05, 3.63) is 35.9 Å². The van der Waals surface area contributed by atoms with Crippen LogP contribution in [-0.2, 0) is 0 Å². The van der Waals surface area contributed by atoms with E-state index >= 15 is 0 Å². The van der Waals surface area contributed by atoms with Crippen molar-refractivity contribution >= 4 is 24.0 Å². The molecule has 0 saturated heterocycles. The maximum absolute atomic E-state index is 10.4. The van der Waals surface area contributed by atoms with Crippen LogP contribution in [0.5, 0.6) is 0 Å². The van der Waals surface area contributed by atoms with Crippen molar-refractivity contribution in [1.29, 1.82) is 0 Å². The molecule has 0 aliphatic carbocycles. The monoisotopic (exact) mass is 167 g/mol. The molecule has 0 atom stereocenters. The Bertz CT molecular complexity index is 223. The van der Waals surface area contributed by atoms with E-state index in [9.17, 15) is 4.79 Å². The molecule has 1 rings (SSSR count). The largest absolute Gasteiger partial charge is 0.366 e. The first-order valence-corrected chi connectivity index (χ1v) is 3.52. The zero-order valence-corrected chi connectivity index (χ0v) is 6.80. The third kappa shape index (κ3) is 3.47. The summed E-state index contributed by atoms with van der Waals surface area (Å²) in [7, 11) is 0. The SMILES string of the molecule is C=S.NC(=O)c1ccccc1. The topological polar surface area (TPSA) is 43.1 Å². The minimum absolute atomic E-state index is 0.379. The van der Waals surface area contributed by atoms with Crippen LogP contribution in [-0.4, -0.2) is 11.8 Å². The number of hydrogen-bond donors (Lipinski definition) is 1. The number of rotatable bonds is 1. The highest BCUT2D eigenvalue weighted by Gasteiger charge is 1.93. The molecule has 0 aliphatic heterocycles. The average Bonchev–Trinajstić information content (AvgIpc) is 2.10. The predicted molar refractivity (Wildman–Crippen MR) is 49.7 cm³/mol. The van der Waals surface area contributed by atoms with Gasteiger partial charge in [0.15, 0.2) is 0 Å². The zero-order valence-electron chi connectivity index (χ0n) is 5.99. The van der Waals surface area contributed by atoms with Gasteiger partial charge in [0.25, 0.3) is 0 Å². The highest BCUT2D eigenvalue weighted by molar-refractivity contribution is 7.77. The summed E-state index contributed by atoms with van der Waals surface area (Å²) in [6.45, 7) is 0. The van der Waals surface area contributed by atoms with Crippen LogP contribution in [0.2, 0.25) is 0 Å². The van der Waals surface area contributed by atoms with Crippen LogP contribution in [0.3, 0.4) is 0 Å². The Kier molecular flexibility index (Phi) is 4.94. The van der Waals surface area contributed by atoms with Crippen LogP contribution in [0.25, 0.3) is 0 Å². The number of primary amides is 1. The van der Waals surface area contributed by atoms with Gasteiger partial charge in [0.2, 0.25) is 5.91 Å². The number of thiocarbonyl (C=S) groups is 1. The minimum atomic E-state index is -0.379. The van der Waals surface area contributed by atoms with E-state index in [0.717, 1.165) is 0 Å². The summed E-state index contributed by atoms with van der Waals surface area (Å²) in [5.74, 6) is 2.45. The molecular formula is C8H9NOS. The lowest BCUT2D eigenvalue weighted by Gasteiger charge is -1.89. The second-order valence-electron chi connectivity index (χ2n) is 1.73. The fourth-order valence-corrected chi connectivity index (χ4v) is 0.602. The molecule has 1 amide bonds. The van der Waals surface area contributed by atoms with Crippen molar-refractivity contribution in [3.63, 3.8) is 0 Å². The Hall–Kier alpha value is -1.22. The third-order valence-corrected chi connectivity index (χ3v) is 1.06. The Labute approximate surface area is 71.0 Å². The molecule has 0 fully saturated rings.